The average molecular weight is 405 g/mol. The van der Waals surface area contributed by atoms with E-state index in [1.807, 2.05) is 30.3 Å². The maximum atomic E-state index is 14.9. The number of benzene rings is 3. The van der Waals surface area contributed by atoms with E-state index in [-0.39, 0.29) is 11.6 Å². The summed E-state index contributed by atoms with van der Waals surface area (Å²) in [7, 11) is 0. The Hall–Kier alpha value is -2.48. The first kappa shape index (κ1) is 20.8. The molecule has 0 aliphatic heterocycles. The van der Waals surface area contributed by atoms with Crippen LogP contribution in [-0.2, 0) is 12.8 Å². The summed E-state index contributed by atoms with van der Waals surface area (Å²) in [5.74, 6) is 1.03. The summed E-state index contributed by atoms with van der Waals surface area (Å²) in [6, 6.07) is 20.6. The van der Waals surface area contributed by atoms with Gasteiger partial charge in [-0.15, -0.1) is 0 Å². The van der Waals surface area contributed by atoms with Crippen LogP contribution < -0.4 is 0 Å². The van der Waals surface area contributed by atoms with E-state index < -0.39 is 0 Å². The summed E-state index contributed by atoms with van der Waals surface area (Å²) in [6.07, 6.45) is 7.91. The summed E-state index contributed by atoms with van der Waals surface area (Å²) >= 11 is 0. The highest BCUT2D eigenvalue weighted by Gasteiger charge is 2.22. The van der Waals surface area contributed by atoms with Gasteiger partial charge in [0.05, 0.1) is 0 Å². The smallest absolute Gasteiger partial charge is 0.131 e. The first-order chi connectivity index (χ1) is 14.6. The zero-order valence-electron chi connectivity index (χ0n) is 17.7. The molecule has 0 N–H and O–H groups in total. The molecule has 0 aromatic heterocycles. The molecule has 0 saturated heterocycles. The highest BCUT2D eigenvalue weighted by Crippen LogP contribution is 2.38. The average Bonchev–Trinajstić information content (AvgIpc) is 2.79. The molecule has 2 heteroatoms. The fourth-order valence-electron chi connectivity index (χ4n) is 4.71. The van der Waals surface area contributed by atoms with Crippen molar-refractivity contribution in [1.82, 2.24) is 0 Å². The van der Waals surface area contributed by atoms with Crippen molar-refractivity contribution in [1.29, 1.82) is 0 Å². The van der Waals surface area contributed by atoms with Gasteiger partial charge in [0.25, 0.3) is 0 Å². The number of rotatable bonds is 6. The van der Waals surface area contributed by atoms with E-state index in [0.717, 1.165) is 35.4 Å². The van der Waals surface area contributed by atoms with Crippen LogP contribution in [0.25, 0.3) is 11.1 Å². The van der Waals surface area contributed by atoms with Crippen LogP contribution in [0.2, 0.25) is 0 Å². The van der Waals surface area contributed by atoms with E-state index in [0.29, 0.717) is 11.5 Å². The molecule has 156 valence electrons. The zero-order valence-corrected chi connectivity index (χ0v) is 17.7. The van der Waals surface area contributed by atoms with Gasteiger partial charge in [-0.25, -0.2) is 8.78 Å². The molecule has 3 aromatic carbocycles. The van der Waals surface area contributed by atoms with Crippen LogP contribution in [0.15, 0.2) is 66.7 Å². The Balaban J connectivity index is 1.40. The van der Waals surface area contributed by atoms with E-state index >= 15 is 0 Å². The summed E-state index contributed by atoms with van der Waals surface area (Å²) in [5.41, 5.74) is 5.06. The third-order valence-electron chi connectivity index (χ3n) is 6.77. The SMILES string of the molecule is CC[C@H]1CC[C@H](c2ccc(-c3ccc(CCc4ccc(F)cc4)cc3)c(F)c2)CC1. The lowest BCUT2D eigenvalue weighted by Gasteiger charge is -2.28. The van der Waals surface area contributed by atoms with Crippen LogP contribution >= 0.6 is 0 Å². The van der Waals surface area contributed by atoms with Gasteiger partial charge in [0.1, 0.15) is 11.6 Å². The standard InChI is InChI=1S/C28H30F2/c1-2-20-5-11-23(12-6-20)25-15-18-27(28(30)19-25)24-13-7-21(8-14-24)3-4-22-9-16-26(29)17-10-22/h7-10,13-20,23H,2-6,11-12H2,1H3/t20-,23-. The molecule has 1 aliphatic rings. The van der Waals surface area contributed by atoms with Crippen LogP contribution in [0.1, 0.15) is 61.6 Å². The molecule has 0 amide bonds. The second-order valence-electron chi connectivity index (χ2n) is 8.69. The van der Waals surface area contributed by atoms with Crippen LogP contribution in [0.4, 0.5) is 8.78 Å². The monoisotopic (exact) mass is 404 g/mol. The summed E-state index contributed by atoms with van der Waals surface area (Å²) in [5, 5.41) is 0. The Kier molecular flexibility index (Phi) is 6.62. The van der Waals surface area contributed by atoms with Gasteiger partial charge < -0.3 is 0 Å². The molecular weight excluding hydrogens is 374 g/mol. The Morgan fingerprint density at radius 2 is 1.33 bits per heavy atom. The lowest BCUT2D eigenvalue weighted by Crippen LogP contribution is -2.12. The highest BCUT2D eigenvalue weighted by molar-refractivity contribution is 5.65. The van der Waals surface area contributed by atoms with Crippen molar-refractivity contribution >= 4 is 0 Å². The van der Waals surface area contributed by atoms with Gasteiger partial charge in [0.2, 0.25) is 0 Å². The third kappa shape index (κ3) is 4.98. The lowest BCUT2D eigenvalue weighted by atomic mass is 9.77. The molecule has 1 fully saturated rings. The first-order valence-electron chi connectivity index (χ1n) is 11.3. The van der Waals surface area contributed by atoms with Crippen LogP contribution in [-0.4, -0.2) is 0 Å². The van der Waals surface area contributed by atoms with Gasteiger partial charge in [-0.3, -0.25) is 0 Å². The van der Waals surface area contributed by atoms with Crippen LogP contribution in [0, 0.1) is 17.6 Å². The Morgan fingerprint density at radius 3 is 1.90 bits per heavy atom. The quantitative estimate of drug-likeness (QED) is 0.389. The van der Waals surface area contributed by atoms with E-state index in [1.54, 1.807) is 6.07 Å². The van der Waals surface area contributed by atoms with Crippen molar-refractivity contribution in [2.45, 2.75) is 57.8 Å². The van der Waals surface area contributed by atoms with Crippen molar-refractivity contribution in [3.63, 3.8) is 0 Å². The van der Waals surface area contributed by atoms with E-state index in [9.17, 15) is 8.78 Å². The molecule has 4 rings (SSSR count). The lowest BCUT2D eigenvalue weighted by molar-refractivity contribution is 0.318. The molecule has 0 nitrogen and oxygen atoms in total. The van der Waals surface area contributed by atoms with Gasteiger partial charge in [-0.2, -0.15) is 0 Å². The Bertz CT molecular complexity index is 949. The topological polar surface area (TPSA) is 0 Å². The molecule has 1 saturated carbocycles. The second kappa shape index (κ2) is 9.55. The fourth-order valence-corrected chi connectivity index (χ4v) is 4.71. The van der Waals surface area contributed by atoms with Gasteiger partial charge in [-0.1, -0.05) is 61.9 Å². The molecule has 1 aliphatic carbocycles. The molecule has 30 heavy (non-hydrogen) atoms. The summed E-state index contributed by atoms with van der Waals surface area (Å²) < 4.78 is 27.9. The van der Waals surface area contributed by atoms with E-state index in [2.05, 4.69) is 25.1 Å². The molecule has 0 bridgehead atoms. The molecular formula is C28H30F2. The number of aryl methyl sites for hydroxylation is 2. The minimum absolute atomic E-state index is 0.121. The van der Waals surface area contributed by atoms with Gasteiger partial charge in [0.15, 0.2) is 0 Å². The second-order valence-corrected chi connectivity index (χ2v) is 8.69. The minimum atomic E-state index is -0.204. The first-order valence-corrected chi connectivity index (χ1v) is 11.3. The largest absolute Gasteiger partial charge is 0.207 e. The van der Waals surface area contributed by atoms with Crippen molar-refractivity contribution in [2.75, 3.05) is 0 Å². The highest BCUT2D eigenvalue weighted by atomic mass is 19.1. The van der Waals surface area contributed by atoms with Crippen molar-refractivity contribution in [3.8, 4) is 11.1 Å². The number of halogens is 2. The van der Waals surface area contributed by atoms with Crippen LogP contribution in [0.3, 0.4) is 0 Å². The number of hydrogen-bond donors (Lipinski definition) is 0. The maximum absolute atomic E-state index is 14.9. The molecule has 0 heterocycles. The predicted molar refractivity (Wildman–Crippen MR) is 121 cm³/mol. The molecule has 0 atom stereocenters. The predicted octanol–water partition coefficient (Wildman–Crippen LogP) is 8.10. The normalized spacial score (nSPS) is 19.0. The molecule has 3 aromatic rings. The van der Waals surface area contributed by atoms with Crippen molar-refractivity contribution in [2.24, 2.45) is 5.92 Å². The van der Waals surface area contributed by atoms with Crippen molar-refractivity contribution < 1.29 is 8.78 Å². The van der Waals surface area contributed by atoms with Crippen LogP contribution in [0.5, 0.6) is 0 Å². The van der Waals surface area contributed by atoms with E-state index in [1.165, 1.54) is 49.8 Å². The number of hydrogen-bond acceptors (Lipinski definition) is 0. The van der Waals surface area contributed by atoms with E-state index in [4.69, 9.17) is 0 Å². The molecule has 0 unspecified atom stereocenters. The fraction of sp³-hybridized carbons (Fsp3) is 0.357. The maximum Gasteiger partial charge on any atom is 0.131 e. The minimum Gasteiger partial charge on any atom is -0.207 e. The van der Waals surface area contributed by atoms with Gasteiger partial charge >= 0.3 is 0 Å². The molecule has 0 spiro atoms. The van der Waals surface area contributed by atoms with Gasteiger partial charge in [0, 0.05) is 5.56 Å². The van der Waals surface area contributed by atoms with Gasteiger partial charge in [-0.05, 0) is 90.8 Å². The zero-order chi connectivity index (χ0) is 20.9. The Labute approximate surface area is 179 Å². The summed E-state index contributed by atoms with van der Waals surface area (Å²) in [6.45, 7) is 2.27. The summed E-state index contributed by atoms with van der Waals surface area (Å²) in [4.78, 5) is 0. The third-order valence-corrected chi connectivity index (χ3v) is 6.77. The Morgan fingerprint density at radius 1 is 0.733 bits per heavy atom. The molecule has 0 radical (unpaired) electrons. The van der Waals surface area contributed by atoms with Crippen molar-refractivity contribution in [3.05, 3.63) is 95.1 Å².